The molecule has 6 nitrogen and oxygen atoms in total. The SMILES string of the molecule is CCCCCCCCCCCCCCCCCCOCC(COC(=O)CCC(=O)OCCC)OCCCCCCCCCCCCCCCCCC. The van der Waals surface area contributed by atoms with E-state index in [2.05, 4.69) is 13.8 Å². The van der Waals surface area contributed by atoms with E-state index >= 15 is 0 Å². The fourth-order valence-corrected chi connectivity index (χ4v) is 6.76. The van der Waals surface area contributed by atoms with Gasteiger partial charge in [-0.1, -0.05) is 213 Å². The van der Waals surface area contributed by atoms with Gasteiger partial charge in [0.1, 0.15) is 12.7 Å². The predicted octanol–water partition coefficient (Wildman–Crippen LogP) is 14.2. The van der Waals surface area contributed by atoms with Crippen LogP contribution in [0.3, 0.4) is 0 Å². The molecule has 0 heterocycles. The summed E-state index contributed by atoms with van der Waals surface area (Å²) in [5.41, 5.74) is 0. The van der Waals surface area contributed by atoms with Crippen LogP contribution in [0.15, 0.2) is 0 Å². The van der Waals surface area contributed by atoms with Gasteiger partial charge in [0.05, 0.1) is 26.1 Å². The zero-order chi connectivity index (χ0) is 37.8. The molecule has 0 amide bonds. The van der Waals surface area contributed by atoms with Crippen molar-refractivity contribution in [2.75, 3.05) is 33.0 Å². The van der Waals surface area contributed by atoms with Gasteiger partial charge in [-0.15, -0.1) is 0 Å². The Labute approximate surface area is 324 Å². The molecule has 52 heavy (non-hydrogen) atoms. The van der Waals surface area contributed by atoms with Crippen LogP contribution in [0, 0.1) is 0 Å². The molecule has 0 aliphatic heterocycles. The number of ether oxygens (including phenoxy) is 4. The molecule has 0 fully saturated rings. The second-order valence-electron chi connectivity index (χ2n) is 15.6. The molecule has 0 aromatic carbocycles. The molecule has 6 heteroatoms. The van der Waals surface area contributed by atoms with Crippen LogP contribution in [0.5, 0.6) is 0 Å². The number of carbonyl (C=O) groups is 2. The van der Waals surface area contributed by atoms with Crippen LogP contribution >= 0.6 is 0 Å². The normalized spacial score (nSPS) is 12.0. The Morgan fingerprint density at radius 2 is 0.673 bits per heavy atom. The van der Waals surface area contributed by atoms with Crippen molar-refractivity contribution >= 4 is 11.9 Å². The Morgan fingerprint density at radius 3 is 1.04 bits per heavy atom. The van der Waals surface area contributed by atoms with Crippen LogP contribution in [0.25, 0.3) is 0 Å². The number of hydrogen-bond acceptors (Lipinski definition) is 6. The molecule has 0 aromatic heterocycles. The monoisotopic (exact) mass is 739 g/mol. The third-order valence-corrected chi connectivity index (χ3v) is 10.2. The van der Waals surface area contributed by atoms with Gasteiger partial charge in [-0.05, 0) is 19.3 Å². The van der Waals surface area contributed by atoms with E-state index in [0.29, 0.717) is 26.4 Å². The van der Waals surface area contributed by atoms with Gasteiger partial charge in [0, 0.05) is 13.2 Å². The highest BCUT2D eigenvalue weighted by atomic mass is 16.6. The minimum Gasteiger partial charge on any atom is -0.466 e. The zero-order valence-electron chi connectivity index (χ0n) is 35.3. The van der Waals surface area contributed by atoms with Crippen molar-refractivity contribution in [2.45, 2.75) is 252 Å². The molecule has 1 unspecified atom stereocenters. The first kappa shape index (κ1) is 50.9. The van der Waals surface area contributed by atoms with Crippen LogP contribution in [-0.2, 0) is 28.5 Å². The van der Waals surface area contributed by atoms with Crippen molar-refractivity contribution in [3.05, 3.63) is 0 Å². The number of unbranched alkanes of at least 4 members (excludes halogenated alkanes) is 30. The Morgan fingerprint density at radius 1 is 0.346 bits per heavy atom. The lowest BCUT2D eigenvalue weighted by Crippen LogP contribution is -2.28. The fraction of sp³-hybridized carbons (Fsp3) is 0.957. The summed E-state index contributed by atoms with van der Waals surface area (Å²) in [6, 6.07) is 0. The predicted molar refractivity (Wildman–Crippen MR) is 221 cm³/mol. The van der Waals surface area contributed by atoms with Crippen LogP contribution < -0.4 is 0 Å². The van der Waals surface area contributed by atoms with E-state index in [1.165, 1.54) is 193 Å². The maximum atomic E-state index is 12.3. The fourth-order valence-electron chi connectivity index (χ4n) is 6.76. The van der Waals surface area contributed by atoms with Crippen molar-refractivity contribution in [3.63, 3.8) is 0 Å². The molecule has 0 bridgehead atoms. The van der Waals surface area contributed by atoms with Gasteiger partial charge >= 0.3 is 11.9 Å². The second-order valence-corrected chi connectivity index (χ2v) is 15.6. The lowest BCUT2D eigenvalue weighted by molar-refractivity contribution is -0.154. The van der Waals surface area contributed by atoms with Gasteiger partial charge in [0.2, 0.25) is 0 Å². The summed E-state index contributed by atoms with van der Waals surface area (Å²) in [4.78, 5) is 24.0. The zero-order valence-corrected chi connectivity index (χ0v) is 35.3. The van der Waals surface area contributed by atoms with Gasteiger partial charge in [-0.3, -0.25) is 9.59 Å². The quantitative estimate of drug-likeness (QED) is 0.0458. The van der Waals surface area contributed by atoms with Crippen LogP contribution in [0.1, 0.15) is 245 Å². The maximum absolute atomic E-state index is 12.3. The van der Waals surface area contributed by atoms with Crippen molar-refractivity contribution in [1.82, 2.24) is 0 Å². The molecule has 0 saturated carbocycles. The Balaban J connectivity index is 3.98. The lowest BCUT2D eigenvalue weighted by atomic mass is 10.0. The second kappa shape index (κ2) is 44.3. The summed E-state index contributed by atoms with van der Waals surface area (Å²) in [5.74, 6) is -0.737. The summed E-state index contributed by atoms with van der Waals surface area (Å²) >= 11 is 0. The minimum absolute atomic E-state index is 0.0362. The van der Waals surface area contributed by atoms with E-state index in [4.69, 9.17) is 18.9 Å². The first-order chi connectivity index (χ1) is 25.6. The standard InChI is InChI=1S/C46H90O6/c1-4-7-9-11-13-15-17-19-21-23-25-27-29-31-33-35-40-49-42-44(43-52-46(48)38-37-45(47)51-39-6-3)50-41-36-34-32-30-28-26-24-22-20-18-16-14-12-10-8-5-2/h44H,4-43H2,1-3H3. The summed E-state index contributed by atoms with van der Waals surface area (Å²) in [6.45, 7) is 8.89. The largest absolute Gasteiger partial charge is 0.466 e. The number of hydrogen-bond donors (Lipinski definition) is 0. The maximum Gasteiger partial charge on any atom is 0.306 e. The third-order valence-electron chi connectivity index (χ3n) is 10.2. The Hall–Kier alpha value is -1.14. The molecule has 0 rings (SSSR count). The molecule has 0 radical (unpaired) electrons. The molecule has 310 valence electrons. The van der Waals surface area contributed by atoms with Crippen LogP contribution in [-0.4, -0.2) is 51.1 Å². The number of carbonyl (C=O) groups excluding carboxylic acids is 2. The van der Waals surface area contributed by atoms with Gasteiger partial charge < -0.3 is 18.9 Å². The first-order valence-electron chi connectivity index (χ1n) is 23.1. The lowest BCUT2D eigenvalue weighted by Gasteiger charge is -2.18. The van der Waals surface area contributed by atoms with E-state index < -0.39 is 0 Å². The average molecular weight is 739 g/mol. The highest BCUT2D eigenvalue weighted by molar-refractivity contribution is 5.77. The van der Waals surface area contributed by atoms with Crippen molar-refractivity contribution in [2.24, 2.45) is 0 Å². The van der Waals surface area contributed by atoms with E-state index in [1.54, 1.807) is 0 Å². The molecule has 0 aliphatic carbocycles. The molecular weight excluding hydrogens is 648 g/mol. The summed E-state index contributed by atoms with van der Waals surface area (Å²) in [6.07, 6.45) is 43.8. The van der Waals surface area contributed by atoms with Crippen LogP contribution in [0.2, 0.25) is 0 Å². The van der Waals surface area contributed by atoms with Gasteiger partial charge in [0.25, 0.3) is 0 Å². The smallest absolute Gasteiger partial charge is 0.306 e. The van der Waals surface area contributed by atoms with E-state index in [0.717, 1.165) is 19.3 Å². The average Bonchev–Trinajstić information content (AvgIpc) is 3.15. The topological polar surface area (TPSA) is 71.1 Å². The van der Waals surface area contributed by atoms with Crippen LogP contribution in [0.4, 0.5) is 0 Å². The molecule has 0 N–H and O–H groups in total. The molecular formula is C46H90O6. The first-order valence-corrected chi connectivity index (χ1v) is 23.1. The third kappa shape index (κ3) is 41.6. The van der Waals surface area contributed by atoms with Crippen molar-refractivity contribution in [3.8, 4) is 0 Å². The Kier molecular flexibility index (Phi) is 43.3. The number of rotatable bonds is 44. The molecule has 0 spiro atoms. The van der Waals surface area contributed by atoms with Crippen molar-refractivity contribution in [1.29, 1.82) is 0 Å². The van der Waals surface area contributed by atoms with Crippen molar-refractivity contribution < 1.29 is 28.5 Å². The number of esters is 2. The van der Waals surface area contributed by atoms with E-state index in [1.807, 2.05) is 6.92 Å². The van der Waals surface area contributed by atoms with Gasteiger partial charge in [-0.2, -0.15) is 0 Å². The molecule has 0 aromatic rings. The minimum atomic E-state index is -0.387. The highest BCUT2D eigenvalue weighted by Crippen LogP contribution is 2.16. The van der Waals surface area contributed by atoms with Gasteiger partial charge in [-0.25, -0.2) is 0 Å². The highest BCUT2D eigenvalue weighted by Gasteiger charge is 2.15. The molecule has 0 saturated heterocycles. The molecule has 1 atom stereocenters. The summed E-state index contributed by atoms with van der Waals surface area (Å²) in [7, 11) is 0. The van der Waals surface area contributed by atoms with Gasteiger partial charge in [0.15, 0.2) is 0 Å². The van der Waals surface area contributed by atoms with E-state index in [9.17, 15) is 9.59 Å². The summed E-state index contributed by atoms with van der Waals surface area (Å²) in [5, 5.41) is 0. The Bertz CT molecular complexity index is 713. The molecule has 0 aliphatic rings. The van der Waals surface area contributed by atoms with E-state index in [-0.39, 0.29) is 37.5 Å². The summed E-state index contributed by atoms with van der Waals surface area (Å²) < 4.78 is 22.7.